The molecule has 0 saturated heterocycles. The van der Waals surface area contributed by atoms with Gasteiger partial charge in [-0.15, -0.1) is 11.3 Å². The normalized spacial score (nSPS) is 10.3. The first-order chi connectivity index (χ1) is 7.16. The van der Waals surface area contributed by atoms with Crippen molar-refractivity contribution in [2.24, 2.45) is 0 Å². The predicted octanol–water partition coefficient (Wildman–Crippen LogP) is 2.67. The molecule has 0 atom stereocenters. The van der Waals surface area contributed by atoms with Crippen LogP contribution in [0.5, 0.6) is 0 Å². The number of aryl methyl sites for hydroxylation is 1. The van der Waals surface area contributed by atoms with E-state index in [0.29, 0.717) is 11.5 Å². The van der Waals surface area contributed by atoms with Gasteiger partial charge in [0.2, 0.25) is 5.91 Å². The molecule has 0 radical (unpaired) electrons. The summed E-state index contributed by atoms with van der Waals surface area (Å²) < 4.78 is 5.25. The SMILES string of the molecule is CC(=O)Nc1sc(C)nc1-c1ccco1. The largest absolute Gasteiger partial charge is 0.463 e. The van der Waals surface area contributed by atoms with Crippen molar-refractivity contribution >= 4 is 22.2 Å². The molecule has 1 amide bonds. The summed E-state index contributed by atoms with van der Waals surface area (Å²) in [6, 6.07) is 3.61. The van der Waals surface area contributed by atoms with Crippen LogP contribution in [0.1, 0.15) is 11.9 Å². The molecule has 2 aromatic heterocycles. The minimum absolute atomic E-state index is 0.105. The number of amides is 1. The third-order valence-corrected chi connectivity index (χ3v) is 2.66. The number of furan rings is 1. The van der Waals surface area contributed by atoms with Crippen LogP contribution in [0.15, 0.2) is 22.8 Å². The van der Waals surface area contributed by atoms with Gasteiger partial charge in [-0.05, 0) is 19.1 Å². The van der Waals surface area contributed by atoms with Crippen LogP contribution in [0.2, 0.25) is 0 Å². The van der Waals surface area contributed by atoms with Gasteiger partial charge < -0.3 is 9.73 Å². The van der Waals surface area contributed by atoms with Crippen molar-refractivity contribution in [2.75, 3.05) is 5.32 Å². The van der Waals surface area contributed by atoms with Crippen LogP contribution in [0.25, 0.3) is 11.5 Å². The number of anilines is 1. The molecular weight excluding hydrogens is 212 g/mol. The van der Waals surface area contributed by atoms with Crippen molar-refractivity contribution in [3.63, 3.8) is 0 Å². The van der Waals surface area contributed by atoms with E-state index >= 15 is 0 Å². The first kappa shape index (κ1) is 9.92. The Morgan fingerprint density at radius 1 is 1.60 bits per heavy atom. The third kappa shape index (κ3) is 2.07. The first-order valence-electron chi connectivity index (χ1n) is 4.45. The number of carbonyl (C=O) groups is 1. The second-order valence-corrected chi connectivity index (χ2v) is 4.27. The summed E-state index contributed by atoms with van der Waals surface area (Å²) in [5.74, 6) is 0.564. The van der Waals surface area contributed by atoms with Gasteiger partial charge in [0.05, 0.1) is 11.3 Å². The van der Waals surface area contributed by atoms with E-state index in [0.717, 1.165) is 10.0 Å². The number of hydrogen-bond donors (Lipinski definition) is 1. The smallest absolute Gasteiger partial charge is 0.221 e. The van der Waals surface area contributed by atoms with Crippen molar-refractivity contribution in [1.82, 2.24) is 4.98 Å². The summed E-state index contributed by atoms with van der Waals surface area (Å²) in [5, 5.41) is 4.36. The Balaban J connectivity index is 2.42. The standard InChI is InChI=1S/C10H10N2O2S/c1-6(13)11-10-9(12-7(2)15-10)8-4-3-5-14-8/h3-5H,1-2H3,(H,11,13). The molecule has 0 aliphatic heterocycles. The van der Waals surface area contributed by atoms with Crippen molar-refractivity contribution < 1.29 is 9.21 Å². The van der Waals surface area contributed by atoms with Crippen LogP contribution in [-0.2, 0) is 4.79 Å². The summed E-state index contributed by atoms with van der Waals surface area (Å²) in [7, 11) is 0. The number of aromatic nitrogens is 1. The Bertz CT molecular complexity index is 474. The maximum absolute atomic E-state index is 11.0. The highest BCUT2D eigenvalue weighted by atomic mass is 32.1. The van der Waals surface area contributed by atoms with Gasteiger partial charge in [-0.25, -0.2) is 4.98 Å². The second-order valence-electron chi connectivity index (χ2n) is 3.07. The molecule has 0 bridgehead atoms. The average Bonchev–Trinajstić information content (AvgIpc) is 2.72. The van der Waals surface area contributed by atoms with Gasteiger partial charge in [0.25, 0.3) is 0 Å². The fraction of sp³-hybridized carbons (Fsp3) is 0.200. The average molecular weight is 222 g/mol. The van der Waals surface area contributed by atoms with E-state index in [1.54, 1.807) is 12.3 Å². The lowest BCUT2D eigenvalue weighted by Gasteiger charge is -1.98. The molecule has 78 valence electrons. The highest BCUT2D eigenvalue weighted by Gasteiger charge is 2.14. The van der Waals surface area contributed by atoms with Gasteiger partial charge in [0.1, 0.15) is 10.7 Å². The minimum atomic E-state index is -0.105. The van der Waals surface area contributed by atoms with Crippen LogP contribution in [0, 0.1) is 6.92 Å². The Morgan fingerprint density at radius 2 is 2.40 bits per heavy atom. The number of rotatable bonds is 2. The van der Waals surface area contributed by atoms with Crippen LogP contribution in [0.3, 0.4) is 0 Å². The van der Waals surface area contributed by atoms with E-state index in [2.05, 4.69) is 10.3 Å². The quantitative estimate of drug-likeness (QED) is 0.849. The summed E-state index contributed by atoms with van der Waals surface area (Å²) in [6.07, 6.45) is 1.58. The molecular formula is C10H10N2O2S. The van der Waals surface area contributed by atoms with Gasteiger partial charge >= 0.3 is 0 Å². The predicted molar refractivity (Wildman–Crippen MR) is 58.9 cm³/mol. The molecule has 0 aromatic carbocycles. The van der Waals surface area contributed by atoms with E-state index in [1.807, 2.05) is 13.0 Å². The lowest BCUT2D eigenvalue weighted by atomic mass is 10.3. The summed E-state index contributed by atoms with van der Waals surface area (Å²) >= 11 is 1.44. The second kappa shape index (κ2) is 3.86. The Hall–Kier alpha value is -1.62. The summed E-state index contributed by atoms with van der Waals surface area (Å²) in [5.41, 5.74) is 0.692. The molecule has 1 N–H and O–H groups in total. The highest BCUT2D eigenvalue weighted by molar-refractivity contribution is 7.16. The molecule has 2 heterocycles. The van der Waals surface area contributed by atoms with Crippen LogP contribution in [0.4, 0.5) is 5.00 Å². The Morgan fingerprint density at radius 3 is 3.00 bits per heavy atom. The van der Waals surface area contributed by atoms with E-state index < -0.39 is 0 Å². The number of hydrogen-bond acceptors (Lipinski definition) is 4. The number of thiazole rings is 1. The van der Waals surface area contributed by atoms with Crippen LogP contribution in [-0.4, -0.2) is 10.9 Å². The molecule has 0 spiro atoms. The van der Waals surface area contributed by atoms with Crippen LogP contribution < -0.4 is 5.32 Å². The van der Waals surface area contributed by atoms with Crippen LogP contribution >= 0.6 is 11.3 Å². The molecule has 4 nitrogen and oxygen atoms in total. The first-order valence-corrected chi connectivity index (χ1v) is 5.27. The van der Waals surface area contributed by atoms with Gasteiger partial charge in [-0.1, -0.05) is 0 Å². The number of nitrogens with zero attached hydrogens (tertiary/aromatic N) is 1. The van der Waals surface area contributed by atoms with Gasteiger partial charge in [0.15, 0.2) is 5.76 Å². The molecule has 2 aromatic rings. The van der Waals surface area contributed by atoms with Gasteiger partial charge in [-0.3, -0.25) is 4.79 Å². The molecule has 0 unspecified atom stereocenters. The Kier molecular flexibility index (Phi) is 2.55. The van der Waals surface area contributed by atoms with Crippen molar-refractivity contribution in [3.8, 4) is 11.5 Å². The lowest BCUT2D eigenvalue weighted by Crippen LogP contribution is -2.04. The summed E-state index contributed by atoms with van der Waals surface area (Å²) in [4.78, 5) is 15.3. The minimum Gasteiger partial charge on any atom is -0.463 e. The van der Waals surface area contributed by atoms with Crippen molar-refractivity contribution in [3.05, 3.63) is 23.4 Å². The zero-order valence-corrected chi connectivity index (χ0v) is 9.22. The number of nitrogens with one attached hydrogen (secondary N) is 1. The van der Waals surface area contributed by atoms with Crippen molar-refractivity contribution in [2.45, 2.75) is 13.8 Å². The summed E-state index contributed by atoms with van der Waals surface area (Å²) in [6.45, 7) is 3.36. The maximum Gasteiger partial charge on any atom is 0.221 e. The van der Waals surface area contributed by atoms with E-state index in [1.165, 1.54) is 18.3 Å². The molecule has 2 rings (SSSR count). The lowest BCUT2D eigenvalue weighted by molar-refractivity contribution is -0.114. The zero-order valence-electron chi connectivity index (χ0n) is 8.40. The molecule has 0 aliphatic rings. The van der Waals surface area contributed by atoms with Gasteiger partial charge in [-0.2, -0.15) is 0 Å². The fourth-order valence-corrected chi connectivity index (χ4v) is 2.12. The molecule has 0 aliphatic carbocycles. The number of carbonyl (C=O) groups excluding carboxylic acids is 1. The Labute approximate surface area is 90.9 Å². The molecule has 0 fully saturated rings. The van der Waals surface area contributed by atoms with Gasteiger partial charge in [0, 0.05) is 6.92 Å². The van der Waals surface area contributed by atoms with E-state index in [9.17, 15) is 4.79 Å². The topological polar surface area (TPSA) is 55.1 Å². The zero-order chi connectivity index (χ0) is 10.8. The van der Waals surface area contributed by atoms with E-state index in [4.69, 9.17) is 4.42 Å². The monoisotopic (exact) mass is 222 g/mol. The van der Waals surface area contributed by atoms with Crippen molar-refractivity contribution in [1.29, 1.82) is 0 Å². The van der Waals surface area contributed by atoms with E-state index in [-0.39, 0.29) is 5.91 Å². The fourth-order valence-electron chi connectivity index (χ4n) is 1.25. The third-order valence-electron chi connectivity index (χ3n) is 1.78. The molecule has 15 heavy (non-hydrogen) atoms. The highest BCUT2D eigenvalue weighted by Crippen LogP contribution is 2.32. The molecule has 0 saturated carbocycles. The molecule has 5 heteroatoms. The maximum atomic E-state index is 11.0.